The Bertz CT molecular complexity index is 916. The van der Waals surface area contributed by atoms with E-state index in [1.807, 2.05) is 36.4 Å². The maximum Gasteiger partial charge on any atom is 0.363 e. The predicted molar refractivity (Wildman–Crippen MR) is 95.4 cm³/mol. The molecule has 0 spiro atoms. The molecule has 6 heteroatoms. The summed E-state index contributed by atoms with van der Waals surface area (Å²) in [5.74, 6) is 2.13. The molecular formula is C20H17NO5. The Balaban J connectivity index is 1.48. The molecule has 132 valence electrons. The van der Waals surface area contributed by atoms with E-state index in [2.05, 4.69) is 4.99 Å². The van der Waals surface area contributed by atoms with Gasteiger partial charge in [-0.1, -0.05) is 24.3 Å². The first-order valence-electron chi connectivity index (χ1n) is 8.26. The van der Waals surface area contributed by atoms with Crippen LogP contribution in [0.15, 0.2) is 53.2 Å². The van der Waals surface area contributed by atoms with Crippen molar-refractivity contribution in [3.8, 4) is 17.2 Å². The first-order valence-corrected chi connectivity index (χ1v) is 8.26. The maximum absolute atomic E-state index is 12.1. The van der Waals surface area contributed by atoms with Crippen LogP contribution < -0.4 is 14.2 Å². The number of carbonyl (C=O) groups excluding carboxylic acids is 1. The summed E-state index contributed by atoms with van der Waals surface area (Å²) < 4.78 is 21.2. The fourth-order valence-corrected chi connectivity index (χ4v) is 2.87. The molecular weight excluding hydrogens is 334 g/mol. The number of esters is 1. The maximum atomic E-state index is 12.1. The molecule has 26 heavy (non-hydrogen) atoms. The van der Waals surface area contributed by atoms with Crippen molar-refractivity contribution in [1.82, 2.24) is 0 Å². The van der Waals surface area contributed by atoms with Crippen molar-refractivity contribution in [1.29, 1.82) is 0 Å². The van der Waals surface area contributed by atoms with Crippen molar-refractivity contribution < 1.29 is 23.7 Å². The van der Waals surface area contributed by atoms with E-state index in [9.17, 15) is 4.79 Å². The molecule has 2 aromatic carbocycles. The van der Waals surface area contributed by atoms with E-state index in [0.717, 1.165) is 16.9 Å². The summed E-state index contributed by atoms with van der Waals surface area (Å²) in [6.45, 7) is 0.211. The number of aryl methyl sites for hydroxylation is 1. The largest absolute Gasteiger partial charge is 0.496 e. The molecule has 0 bridgehead atoms. The second kappa shape index (κ2) is 6.92. The van der Waals surface area contributed by atoms with Crippen LogP contribution in [0, 0.1) is 0 Å². The van der Waals surface area contributed by atoms with Gasteiger partial charge in [0.25, 0.3) is 0 Å². The Morgan fingerprint density at radius 1 is 1.12 bits per heavy atom. The fraction of sp³-hybridized carbons (Fsp3) is 0.200. The summed E-state index contributed by atoms with van der Waals surface area (Å²) in [4.78, 5) is 16.4. The highest BCUT2D eigenvalue weighted by atomic mass is 16.7. The van der Waals surface area contributed by atoms with Crippen LogP contribution in [-0.4, -0.2) is 25.8 Å². The van der Waals surface area contributed by atoms with Gasteiger partial charge < -0.3 is 18.9 Å². The van der Waals surface area contributed by atoms with Gasteiger partial charge in [0.15, 0.2) is 23.1 Å². The molecule has 2 heterocycles. The molecule has 0 unspecified atom stereocenters. The molecule has 0 atom stereocenters. The number of ether oxygens (including phenoxy) is 4. The molecule has 4 rings (SSSR count). The summed E-state index contributed by atoms with van der Waals surface area (Å²) in [7, 11) is 1.64. The molecule has 6 nitrogen and oxygen atoms in total. The minimum atomic E-state index is -0.447. The van der Waals surface area contributed by atoms with E-state index in [-0.39, 0.29) is 12.5 Å². The van der Waals surface area contributed by atoms with Gasteiger partial charge in [0.05, 0.1) is 7.11 Å². The Morgan fingerprint density at radius 3 is 2.85 bits per heavy atom. The van der Waals surface area contributed by atoms with Crippen molar-refractivity contribution in [2.24, 2.45) is 4.99 Å². The number of carbonyl (C=O) groups is 1. The molecule has 0 saturated carbocycles. The van der Waals surface area contributed by atoms with Crippen LogP contribution in [0.2, 0.25) is 0 Å². The number of cyclic esters (lactones) is 1. The first kappa shape index (κ1) is 16.2. The van der Waals surface area contributed by atoms with Gasteiger partial charge in [0, 0.05) is 6.42 Å². The normalized spacial score (nSPS) is 16.6. The molecule has 0 aliphatic carbocycles. The van der Waals surface area contributed by atoms with E-state index < -0.39 is 5.97 Å². The molecule has 0 N–H and O–H groups in total. The van der Waals surface area contributed by atoms with Crippen LogP contribution in [0.3, 0.4) is 0 Å². The van der Waals surface area contributed by atoms with Gasteiger partial charge in [0.2, 0.25) is 6.79 Å². The second-order valence-electron chi connectivity index (χ2n) is 5.85. The molecule has 2 aliphatic rings. The average molecular weight is 351 g/mol. The first-order chi connectivity index (χ1) is 12.7. The third kappa shape index (κ3) is 3.26. The molecule has 2 aliphatic heterocycles. The van der Waals surface area contributed by atoms with E-state index in [4.69, 9.17) is 18.9 Å². The fourth-order valence-electron chi connectivity index (χ4n) is 2.87. The lowest BCUT2D eigenvalue weighted by atomic mass is 10.1. The summed E-state index contributed by atoms with van der Waals surface area (Å²) in [6, 6.07) is 13.2. The lowest BCUT2D eigenvalue weighted by Gasteiger charge is -2.07. The van der Waals surface area contributed by atoms with Gasteiger partial charge in [-0.25, -0.2) is 9.79 Å². The van der Waals surface area contributed by atoms with E-state index in [0.29, 0.717) is 30.2 Å². The molecule has 0 aromatic heterocycles. The molecule has 0 fully saturated rings. The van der Waals surface area contributed by atoms with Gasteiger partial charge >= 0.3 is 5.97 Å². The number of fused-ring (bicyclic) bond motifs is 1. The highest BCUT2D eigenvalue weighted by molar-refractivity contribution is 6.07. The lowest BCUT2D eigenvalue weighted by molar-refractivity contribution is -0.130. The Morgan fingerprint density at radius 2 is 1.96 bits per heavy atom. The SMILES string of the molecule is COc1ccccc1CCC1=N/C(=C/c2ccc3c(c2)OCO3)C(=O)O1. The van der Waals surface area contributed by atoms with Crippen molar-refractivity contribution in [2.75, 3.05) is 13.9 Å². The van der Waals surface area contributed by atoms with Crippen molar-refractivity contribution >= 4 is 17.9 Å². The molecule has 2 aromatic rings. The topological polar surface area (TPSA) is 66.3 Å². The summed E-state index contributed by atoms with van der Waals surface area (Å²) >= 11 is 0. The minimum absolute atomic E-state index is 0.211. The van der Waals surface area contributed by atoms with Crippen LogP contribution in [0.25, 0.3) is 6.08 Å². The minimum Gasteiger partial charge on any atom is -0.496 e. The van der Waals surface area contributed by atoms with Crippen molar-refractivity contribution in [2.45, 2.75) is 12.8 Å². The standard InChI is InChI=1S/C20H17NO5/c1-23-16-5-3-2-4-14(16)7-9-19-21-15(20(22)26-19)10-13-6-8-17-18(11-13)25-12-24-17/h2-6,8,10-11H,7,9,12H2,1H3/b15-10+. The number of hydrogen-bond acceptors (Lipinski definition) is 6. The Kier molecular flexibility index (Phi) is 4.31. The van der Waals surface area contributed by atoms with E-state index in [1.54, 1.807) is 19.3 Å². The predicted octanol–water partition coefficient (Wildman–Crippen LogP) is 3.35. The zero-order chi connectivity index (χ0) is 17.9. The summed E-state index contributed by atoms with van der Waals surface area (Å²) in [6.07, 6.45) is 2.87. The highest BCUT2D eigenvalue weighted by Crippen LogP contribution is 2.33. The van der Waals surface area contributed by atoms with Gasteiger partial charge in [-0.2, -0.15) is 0 Å². The Hall–Kier alpha value is -3.28. The van der Waals surface area contributed by atoms with Crippen LogP contribution in [0.5, 0.6) is 17.2 Å². The Labute approximate surface area is 150 Å². The number of aliphatic imine (C=N–C) groups is 1. The second-order valence-corrected chi connectivity index (χ2v) is 5.85. The quantitative estimate of drug-likeness (QED) is 0.610. The highest BCUT2D eigenvalue weighted by Gasteiger charge is 2.23. The molecule has 0 amide bonds. The van der Waals surface area contributed by atoms with Crippen LogP contribution >= 0.6 is 0 Å². The van der Waals surface area contributed by atoms with Gasteiger partial charge in [-0.3, -0.25) is 0 Å². The van der Waals surface area contributed by atoms with Crippen molar-refractivity contribution in [3.63, 3.8) is 0 Å². The molecule has 0 saturated heterocycles. The number of hydrogen-bond donors (Lipinski definition) is 0. The van der Waals surface area contributed by atoms with Crippen LogP contribution in [0.4, 0.5) is 0 Å². The molecule has 0 radical (unpaired) electrons. The number of benzene rings is 2. The average Bonchev–Trinajstić information content (AvgIpc) is 3.26. The zero-order valence-electron chi connectivity index (χ0n) is 14.2. The summed E-state index contributed by atoms with van der Waals surface area (Å²) in [5, 5.41) is 0. The van der Waals surface area contributed by atoms with E-state index in [1.165, 1.54) is 0 Å². The number of para-hydroxylation sites is 1. The van der Waals surface area contributed by atoms with Crippen LogP contribution in [0.1, 0.15) is 17.5 Å². The van der Waals surface area contributed by atoms with Crippen molar-refractivity contribution in [3.05, 3.63) is 59.3 Å². The summed E-state index contributed by atoms with van der Waals surface area (Å²) in [5.41, 5.74) is 2.12. The smallest absolute Gasteiger partial charge is 0.363 e. The third-order valence-electron chi connectivity index (χ3n) is 4.17. The van der Waals surface area contributed by atoms with Crippen LogP contribution in [-0.2, 0) is 16.0 Å². The number of methoxy groups -OCH3 is 1. The number of nitrogens with zero attached hydrogens (tertiary/aromatic N) is 1. The van der Waals surface area contributed by atoms with Gasteiger partial charge in [-0.15, -0.1) is 0 Å². The zero-order valence-corrected chi connectivity index (χ0v) is 14.2. The van der Waals surface area contributed by atoms with Gasteiger partial charge in [-0.05, 0) is 41.8 Å². The van der Waals surface area contributed by atoms with Gasteiger partial charge in [0.1, 0.15) is 5.75 Å². The lowest BCUT2D eigenvalue weighted by Crippen LogP contribution is -2.05. The monoisotopic (exact) mass is 351 g/mol. The third-order valence-corrected chi connectivity index (χ3v) is 4.17. The van der Waals surface area contributed by atoms with E-state index >= 15 is 0 Å². The number of rotatable bonds is 5.